The van der Waals surface area contributed by atoms with E-state index in [9.17, 15) is 4.79 Å². The topological polar surface area (TPSA) is 74.4 Å². The number of H-pyrrole nitrogens is 2. The van der Waals surface area contributed by atoms with Gasteiger partial charge in [-0.3, -0.25) is 9.89 Å². The second-order valence-corrected chi connectivity index (χ2v) is 6.76. The molecule has 4 rings (SSSR count). The Hall–Kier alpha value is -1.60. The van der Waals surface area contributed by atoms with Crippen molar-refractivity contribution >= 4 is 33.3 Å². The van der Waals surface area contributed by atoms with Gasteiger partial charge in [0.2, 0.25) is 0 Å². The smallest absolute Gasteiger partial charge is 0.260 e. The summed E-state index contributed by atoms with van der Waals surface area (Å²) >= 11 is 3.46. The molecule has 0 aliphatic carbocycles. The van der Waals surface area contributed by atoms with Crippen molar-refractivity contribution in [1.82, 2.24) is 20.2 Å². The van der Waals surface area contributed by atoms with E-state index in [0.29, 0.717) is 5.82 Å². The molecule has 3 aromatic heterocycles. The molecule has 0 fully saturated rings. The Labute approximate surface area is 116 Å². The summed E-state index contributed by atoms with van der Waals surface area (Å²) < 4.78 is 1.25. The maximum atomic E-state index is 12.3. The van der Waals surface area contributed by atoms with Crippen molar-refractivity contribution < 1.29 is 0 Å². The van der Waals surface area contributed by atoms with E-state index in [-0.39, 0.29) is 5.56 Å². The molecule has 0 atom stereocenters. The summed E-state index contributed by atoms with van der Waals surface area (Å²) in [6.45, 7) is 0. The quantitative estimate of drug-likeness (QED) is 0.721. The van der Waals surface area contributed by atoms with Gasteiger partial charge in [0.25, 0.3) is 5.56 Å². The molecule has 0 spiro atoms. The molecule has 96 valence electrons. The molecule has 0 saturated carbocycles. The second kappa shape index (κ2) is 4.21. The number of fused-ring (bicyclic) bond motifs is 3. The first-order valence-electron chi connectivity index (χ1n) is 6.00. The van der Waals surface area contributed by atoms with Gasteiger partial charge in [0.1, 0.15) is 10.7 Å². The molecule has 0 radical (unpaired) electrons. The van der Waals surface area contributed by atoms with Gasteiger partial charge in [-0.25, -0.2) is 4.98 Å². The lowest BCUT2D eigenvalue weighted by molar-refractivity contribution is 0.910. The lowest BCUT2D eigenvalue weighted by Crippen LogP contribution is -2.10. The highest BCUT2D eigenvalue weighted by Crippen LogP contribution is 2.40. The van der Waals surface area contributed by atoms with E-state index >= 15 is 0 Å². The first kappa shape index (κ1) is 11.2. The highest BCUT2D eigenvalue weighted by atomic mass is 32.2. The van der Waals surface area contributed by atoms with E-state index in [1.807, 2.05) is 11.8 Å². The van der Waals surface area contributed by atoms with Crippen LogP contribution < -0.4 is 5.56 Å². The molecule has 0 unspecified atom stereocenters. The van der Waals surface area contributed by atoms with Gasteiger partial charge in [-0.2, -0.15) is 5.10 Å². The van der Waals surface area contributed by atoms with Crippen LogP contribution in [0.25, 0.3) is 21.6 Å². The van der Waals surface area contributed by atoms with Gasteiger partial charge < -0.3 is 4.98 Å². The molecule has 1 aliphatic rings. The molecule has 4 heterocycles. The molecule has 2 N–H and O–H groups in total. The zero-order chi connectivity index (χ0) is 12.8. The Morgan fingerprint density at radius 2 is 2.32 bits per heavy atom. The van der Waals surface area contributed by atoms with E-state index in [2.05, 4.69) is 20.2 Å². The lowest BCUT2D eigenvalue weighted by atomic mass is 10.1. The third-order valence-corrected chi connectivity index (χ3v) is 5.73. The van der Waals surface area contributed by atoms with Crippen LogP contribution in [0.15, 0.2) is 21.4 Å². The molecular weight excluding hydrogens is 280 g/mol. The lowest BCUT2D eigenvalue weighted by Gasteiger charge is -2.08. The number of thioether (sulfide) groups is 1. The summed E-state index contributed by atoms with van der Waals surface area (Å²) in [4.78, 5) is 20.6. The Bertz CT molecular complexity index is 803. The number of nitrogens with zero attached hydrogens (tertiary/aromatic N) is 2. The SMILES string of the molecule is O=c1[nH]c(-c2cn[nH]c2)nc2sc3c(c12)CCCS3. The predicted octanol–water partition coefficient (Wildman–Crippen LogP) is 2.41. The molecule has 19 heavy (non-hydrogen) atoms. The van der Waals surface area contributed by atoms with Gasteiger partial charge in [0.05, 0.1) is 21.4 Å². The molecule has 5 nitrogen and oxygen atoms in total. The maximum absolute atomic E-state index is 12.3. The highest BCUT2D eigenvalue weighted by molar-refractivity contribution is 8.01. The predicted molar refractivity (Wildman–Crippen MR) is 76.9 cm³/mol. The number of aromatic amines is 2. The molecule has 3 aromatic rings. The van der Waals surface area contributed by atoms with Crippen LogP contribution in [0.3, 0.4) is 0 Å². The fourth-order valence-corrected chi connectivity index (χ4v) is 4.85. The zero-order valence-corrected chi connectivity index (χ0v) is 11.5. The summed E-state index contributed by atoms with van der Waals surface area (Å²) in [5.74, 6) is 1.71. The number of aromatic nitrogens is 4. The standard InChI is InChI=1S/C12H10N4OS2/c17-10-8-7-2-1-3-18-12(7)19-11(8)16-9(15-10)6-4-13-14-5-6/h4-5H,1-3H2,(H,13,14)(H,15,16,17). The summed E-state index contributed by atoms with van der Waals surface area (Å²) in [5, 5.41) is 7.39. The van der Waals surface area contributed by atoms with E-state index in [0.717, 1.165) is 34.4 Å². The van der Waals surface area contributed by atoms with E-state index < -0.39 is 0 Å². The van der Waals surface area contributed by atoms with E-state index in [4.69, 9.17) is 0 Å². The van der Waals surface area contributed by atoms with Gasteiger partial charge in [-0.1, -0.05) is 0 Å². The first-order valence-corrected chi connectivity index (χ1v) is 7.81. The largest absolute Gasteiger partial charge is 0.306 e. The molecule has 1 aliphatic heterocycles. The van der Waals surface area contributed by atoms with Crippen molar-refractivity contribution in [3.63, 3.8) is 0 Å². The van der Waals surface area contributed by atoms with Crippen LogP contribution in [-0.4, -0.2) is 25.9 Å². The number of hydrogen-bond acceptors (Lipinski definition) is 5. The fraction of sp³-hybridized carbons (Fsp3) is 0.250. The summed E-state index contributed by atoms with van der Waals surface area (Å²) in [5.41, 5.74) is 1.95. The van der Waals surface area contributed by atoms with Crippen molar-refractivity contribution in [2.75, 3.05) is 5.75 Å². The molecule has 0 amide bonds. The summed E-state index contributed by atoms with van der Waals surface area (Å²) in [7, 11) is 0. The van der Waals surface area contributed by atoms with Crippen LogP contribution in [0.2, 0.25) is 0 Å². The molecule has 0 aromatic carbocycles. The van der Waals surface area contributed by atoms with Crippen LogP contribution in [0.5, 0.6) is 0 Å². The number of thiophene rings is 1. The molecule has 0 saturated heterocycles. The minimum atomic E-state index is -0.0406. The van der Waals surface area contributed by atoms with Gasteiger partial charge >= 0.3 is 0 Å². The average Bonchev–Trinajstić information content (AvgIpc) is 3.05. The van der Waals surface area contributed by atoms with Crippen LogP contribution >= 0.6 is 23.1 Å². The van der Waals surface area contributed by atoms with E-state index in [1.165, 1.54) is 9.77 Å². The van der Waals surface area contributed by atoms with Crippen molar-refractivity contribution in [3.8, 4) is 11.4 Å². The second-order valence-electron chi connectivity index (χ2n) is 4.40. The third kappa shape index (κ3) is 1.73. The van der Waals surface area contributed by atoms with Crippen molar-refractivity contribution in [2.45, 2.75) is 17.1 Å². The number of rotatable bonds is 1. The fourth-order valence-electron chi connectivity index (χ4n) is 2.32. The van der Waals surface area contributed by atoms with Crippen LogP contribution in [-0.2, 0) is 6.42 Å². The average molecular weight is 290 g/mol. The minimum absolute atomic E-state index is 0.0406. The number of aryl methyl sites for hydroxylation is 1. The third-order valence-electron chi connectivity index (χ3n) is 3.20. The summed E-state index contributed by atoms with van der Waals surface area (Å²) in [6.07, 6.45) is 5.50. The van der Waals surface area contributed by atoms with Gasteiger partial charge in [0, 0.05) is 6.20 Å². The Morgan fingerprint density at radius 1 is 1.37 bits per heavy atom. The molecular formula is C12H10N4OS2. The van der Waals surface area contributed by atoms with Crippen molar-refractivity contribution in [1.29, 1.82) is 0 Å². The highest BCUT2D eigenvalue weighted by Gasteiger charge is 2.20. The Balaban J connectivity index is 2.00. The number of hydrogen-bond donors (Lipinski definition) is 2. The van der Waals surface area contributed by atoms with E-state index in [1.54, 1.807) is 23.7 Å². The van der Waals surface area contributed by atoms with Crippen molar-refractivity contribution in [3.05, 3.63) is 28.3 Å². The number of nitrogens with one attached hydrogen (secondary N) is 2. The molecule has 0 bridgehead atoms. The maximum Gasteiger partial charge on any atom is 0.260 e. The summed E-state index contributed by atoms with van der Waals surface area (Å²) in [6, 6.07) is 0. The van der Waals surface area contributed by atoms with Crippen molar-refractivity contribution in [2.24, 2.45) is 0 Å². The van der Waals surface area contributed by atoms with Crippen LogP contribution in [0, 0.1) is 0 Å². The Kier molecular flexibility index (Phi) is 2.49. The monoisotopic (exact) mass is 290 g/mol. The van der Waals surface area contributed by atoms with Gasteiger partial charge in [-0.05, 0) is 24.2 Å². The van der Waals surface area contributed by atoms with Gasteiger partial charge in [-0.15, -0.1) is 23.1 Å². The normalized spacial score (nSPS) is 14.7. The van der Waals surface area contributed by atoms with Crippen LogP contribution in [0.1, 0.15) is 12.0 Å². The van der Waals surface area contributed by atoms with Crippen LogP contribution in [0.4, 0.5) is 0 Å². The molecule has 7 heteroatoms. The minimum Gasteiger partial charge on any atom is -0.306 e. The van der Waals surface area contributed by atoms with Gasteiger partial charge in [0.15, 0.2) is 0 Å². The zero-order valence-electron chi connectivity index (χ0n) is 9.90. The Morgan fingerprint density at radius 3 is 3.16 bits per heavy atom. The first-order chi connectivity index (χ1) is 9.33.